The zero-order valence-electron chi connectivity index (χ0n) is 14.6. The molecular formula is C19H24N2O4. The molecule has 0 bridgehead atoms. The lowest BCUT2D eigenvalue weighted by atomic mass is 10.3. The van der Waals surface area contributed by atoms with Crippen LogP contribution in [0.4, 0.5) is 10.5 Å². The fourth-order valence-corrected chi connectivity index (χ4v) is 2.17. The Kier molecular flexibility index (Phi) is 7.43. The van der Waals surface area contributed by atoms with E-state index >= 15 is 0 Å². The highest BCUT2D eigenvalue weighted by Crippen LogP contribution is 2.23. The number of anilines is 1. The van der Waals surface area contributed by atoms with Gasteiger partial charge in [0.15, 0.2) is 0 Å². The first-order chi connectivity index (χ1) is 12.2. The summed E-state index contributed by atoms with van der Waals surface area (Å²) in [5, 5.41) is 5.52. The molecule has 134 valence electrons. The Morgan fingerprint density at radius 2 is 1.64 bits per heavy atom. The van der Waals surface area contributed by atoms with Gasteiger partial charge in [-0.05, 0) is 38.1 Å². The molecule has 2 rings (SSSR count). The molecule has 0 saturated heterocycles. The van der Waals surface area contributed by atoms with Crippen molar-refractivity contribution in [3.05, 3.63) is 48.5 Å². The molecule has 0 aliphatic heterocycles. The minimum atomic E-state index is -0.307. The van der Waals surface area contributed by atoms with Crippen LogP contribution in [0.1, 0.15) is 13.8 Å². The van der Waals surface area contributed by atoms with Crippen molar-refractivity contribution < 1.29 is 19.0 Å². The maximum absolute atomic E-state index is 12.0. The van der Waals surface area contributed by atoms with Crippen LogP contribution in [0, 0.1) is 0 Å². The summed E-state index contributed by atoms with van der Waals surface area (Å²) in [7, 11) is 0. The number of rotatable bonds is 9. The van der Waals surface area contributed by atoms with E-state index < -0.39 is 0 Å². The molecular weight excluding hydrogens is 320 g/mol. The number of ether oxygens (including phenoxy) is 3. The summed E-state index contributed by atoms with van der Waals surface area (Å²) < 4.78 is 16.5. The molecule has 2 aromatic carbocycles. The van der Waals surface area contributed by atoms with E-state index in [4.69, 9.17) is 14.2 Å². The number of benzene rings is 2. The third-order valence-electron chi connectivity index (χ3n) is 3.21. The molecule has 0 saturated carbocycles. The van der Waals surface area contributed by atoms with E-state index in [0.717, 1.165) is 5.75 Å². The van der Waals surface area contributed by atoms with Crippen LogP contribution in [0.3, 0.4) is 0 Å². The molecule has 2 N–H and O–H groups in total. The van der Waals surface area contributed by atoms with Crippen molar-refractivity contribution in [1.29, 1.82) is 0 Å². The second-order valence-corrected chi connectivity index (χ2v) is 5.07. The van der Waals surface area contributed by atoms with Crippen LogP contribution in [0.2, 0.25) is 0 Å². The number of hydrogen-bond donors (Lipinski definition) is 2. The number of nitrogens with one attached hydrogen (secondary N) is 2. The molecule has 25 heavy (non-hydrogen) atoms. The second-order valence-electron chi connectivity index (χ2n) is 5.07. The standard InChI is InChI=1S/C19H24N2O4/c1-3-23-15-8-7-9-16(14-15)25-13-12-20-19(22)21-17-10-5-6-11-18(17)24-4-2/h5-11,14H,3-4,12-13H2,1-2H3,(H2,20,21,22). The number of carbonyl (C=O) groups excluding carboxylic acids is 1. The highest BCUT2D eigenvalue weighted by molar-refractivity contribution is 5.90. The average molecular weight is 344 g/mol. The number of para-hydroxylation sites is 2. The summed E-state index contributed by atoms with van der Waals surface area (Å²) in [4.78, 5) is 12.0. The maximum atomic E-state index is 12.0. The zero-order valence-corrected chi connectivity index (χ0v) is 14.6. The van der Waals surface area contributed by atoms with E-state index in [1.807, 2.05) is 56.3 Å². The van der Waals surface area contributed by atoms with Crippen LogP contribution in [0.5, 0.6) is 17.2 Å². The lowest BCUT2D eigenvalue weighted by Crippen LogP contribution is -2.32. The fraction of sp³-hybridized carbons (Fsp3) is 0.316. The minimum Gasteiger partial charge on any atom is -0.494 e. The summed E-state index contributed by atoms with van der Waals surface area (Å²) in [6, 6.07) is 14.4. The number of carbonyl (C=O) groups is 1. The van der Waals surface area contributed by atoms with E-state index in [1.165, 1.54) is 0 Å². The summed E-state index contributed by atoms with van der Waals surface area (Å²) in [6.45, 7) is 5.70. The minimum absolute atomic E-state index is 0.307. The molecule has 6 nitrogen and oxygen atoms in total. The van der Waals surface area contributed by atoms with Gasteiger partial charge in [-0.3, -0.25) is 0 Å². The van der Waals surface area contributed by atoms with Crippen molar-refractivity contribution in [3.8, 4) is 17.2 Å². The first-order valence-corrected chi connectivity index (χ1v) is 8.35. The van der Waals surface area contributed by atoms with Gasteiger partial charge in [0.1, 0.15) is 23.9 Å². The summed E-state index contributed by atoms with van der Waals surface area (Å²) in [5.74, 6) is 2.11. The maximum Gasteiger partial charge on any atom is 0.319 e. The molecule has 0 atom stereocenters. The normalized spacial score (nSPS) is 10.0. The van der Waals surface area contributed by atoms with Gasteiger partial charge in [0.2, 0.25) is 0 Å². The Morgan fingerprint density at radius 3 is 2.40 bits per heavy atom. The van der Waals surface area contributed by atoms with Gasteiger partial charge in [0.25, 0.3) is 0 Å². The van der Waals surface area contributed by atoms with Crippen molar-refractivity contribution in [2.24, 2.45) is 0 Å². The van der Waals surface area contributed by atoms with Gasteiger partial charge >= 0.3 is 6.03 Å². The van der Waals surface area contributed by atoms with Crippen LogP contribution in [0.15, 0.2) is 48.5 Å². The highest BCUT2D eigenvalue weighted by atomic mass is 16.5. The van der Waals surface area contributed by atoms with Crippen LogP contribution < -0.4 is 24.8 Å². The van der Waals surface area contributed by atoms with Crippen molar-refractivity contribution in [2.45, 2.75) is 13.8 Å². The summed E-state index contributed by atoms with van der Waals surface area (Å²) in [5.41, 5.74) is 0.632. The zero-order chi connectivity index (χ0) is 17.9. The van der Waals surface area contributed by atoms with Gasteiger partial charge in [-0.2, -0.15) is 0 Å². The second kappa shape index (κ2) is 10.1. The van der Waals surface area contributed by atoms with E-state index in [0.29, 0.717) is 43.6 Å². The Morgan fingerprint density at radius 1 is 0.920 bits per heavy atom. The SMILES string of the molecule is CCOc1cccc(OCCNC(=O)Nc2ccccc2OCC)c1. The molecule has 2 aromatic rings. The van der Waals surface area contributed by atoms with Crippen molar-refractivity contribution in [2.75, 3.05) is 31.7 Å². The topological polar surface area (TPSA) is 68.8 Å². The molecule has 0 fully saturated rings. The van der Waals surface area contributed by atoms with Crippen molar-refractivity contribution in [3.63, 3.8) is 0 Å². The van der Waals surface area contributed by atoms with E-state index in [2.05, 4.69) is 10.6 Å². The predicted molar refractivity (Wildman–Crippen MR) is 97.7 cm³/mol. The molecule has 0 aliphatic rings. The van der Waals surface area contributed by atoms with Crippen LogP contribution in [-0.4, -0.2) is 32.4 Å². The lowest BCUT2D eigenvalue weighted by Gasteiger charge is -2.12. The average Bonchev–Trinajstić information content (AvgIpc) is 2.61. The molecule has 2 amide bonds. The first-order valence-electron chi connectivity index (χ1n) is 8.35. The van der Waals surface area contributed by atoms with E-state index in [-0.39, 0.29) is 6.03 Å². The molecule has 6 heteroatoms. The highest BCUT2D eigenvalue weighted by Gasteiger charge is 2.06. The van der Waals surface area contributed by atoms with Gasteiger partial charge < -0.3 is 24.8 Å². The summed E-state index contributed by atoms with van der Waals surface area (Å²) in [6.07, 6.45) is 0. The Labute approximate surface area is 148 Å². The summed E-state index contributed by atoms with van der Waals surface area (Å²) >= 11 is 0. The largest absolute Gasteiger partial charge is 0.494 e. The molecule has 0 heterocycles. The van der Waals surface area contributed by atoms with Crippen LogP contribution in [-0.2, 0) is 0 Å². The van der Waals surface area contributed by atoms with E-state index in [1.54, 1.807) is 6.07 Å². The fourth-order valence-electron chi connectivity index (χ4n) is 2.17. The smallest absolute Gasteiger partial charge is 0.319 e. The first kappa shape index (κ1) is 18.4. The number of hydrogen-bond acceptors (Lipinski definition) is 4. The molecule has 0 spiro atoms. The molecule has 0 aliphatic carbocycles. The Hall–Kier alpha value is -2.89. The Balaban J connectivity index is 1.75. The third kappa shape index (κ3) is 6.25. The van der Waals surface area contributed by atoms with Gasteiger partial charge in [0.05, 0.1) is 25.4 Å². The van der Waals surface area contributed by atoms with Crippen LogP contribution >= 0.6 is 0 Å². The van der Waals surface area contributed by atoms with Crippen molar-refractivity contribution >= 4 is 11.7 Å². The number of amides is 2. The van der Waals surface area contributed by atoms with Gasteiger partial charge in [0, 0.05) is 6.07 Å². The number of urea groups is 1. The lowest BCUT2D eigenvalue weighted by molar-refractivity contribution is 0.247. The van der Waals surface area contributed by atoms with Gasteiger partial charge in [-0.1, -0.05) is 18.2 Å². The van der Waals surface area contributed by atoms with Gasteiger partial charge in [-0.25, -0.2) is 4.79 Å². The van der Waals surface area contributed by atoms with Crippen LogP contribution in [0.25, 0.3) is 0 Å². The quantitative estimate of drug-likeness (QED) is 0.681. The molecule has 0 radical (unpaired) electrons. The van der Waals surface area contributed by atoms with Gasteiger partial charge in [-0.15, -0.1) is 0 Å². The third-order valence-corrected chi connectivity index (χ3v) is 3.21. The molecule has 0 unspecified atom stereocenters. The molecule has 0 aromatic heterocycles. The monoisotopic (exact) mass is 344 g/mol. The predicted octanol–water partition coefficient (Wildman–Crippen LogP) is 3.68. The van der Waals surface area contributed by atoms with E-state index in [9.17, 15) is 4.79 Å². The van der Waals surface area contributed by atoms with Crippen molar-refractivity contribution in [1.82, 2.24) is 5.32 Å². The Bertz CT molecular complexity index is 676.